The molecule has 4 nitrogen and oxygen atoms in total. The van der Waals surface area contributed by atoms with Crippen LogP contribution in [0.2, 0.25) is 0 Å². The molecule has 1 aliphatic rings. The zero-order chi connectivity index (χ0) is 17.7. The molecule has 0 fully saturated rings. The van der Waals surface area contributed by atoms with E-state index in [1.807, 2.05) is 12.4 Å². The molecular formula is C21H20N4S. The van der Waals surface area contributed by atoms with E-state index in [2.05, 4.69) is 70.5 Å². The highest BCUT2D eigenvalue weighted by Gasteiger charge is 2.25. The van der Waals surface area contributed by atoms with Crippen LogP contribution in [0.15, 0.2) is 48.8 Å². The molecule has 26 heavy (non-hydrogen) atoms. The lowest BCUT2D eigenvalue weighted by molar-refractivity contribution is 0.295. The van der Waals surface area contributed by atoms with E-state index in [9.17, 15) is 0 Å². The molecule has 5 heteroatoms. The number of aromatic nitrogens is 3. The molecule has 1 unspecified atom stereocenters. The topological polar surface area (TPSA) is 44.8 Å². The van der Waals surface area contributed by atoms with Crippen LogP contribution in [0.1, 0.15) is 27.5 Å². The third kappa shape index (κ3) is 2.64. The molecule has 0 amide bonds. The van der Waals surface area contributed by atoms with Gasteiger partial charge in [-0.25, -0.2) is 4.98 Å². The van der Waals surface area contributed by atoms with Crippen molar-refractivity contribution in [2.75, 3.05) is 13.6 Å². The summed E-state index contributed by atoms with van der Waals surface area (Å²) in [6, 6.07) is 13.5. The Morgan fingerprint density at radius 2 is 2.08 bits per heavy atom. The van der Waals surface area contributed by atoms with Crippen LogP contribution in [-0.4, -0.2) is 33.7 Å². The third-order valence-electron chi connectivity index (χ3n) is 5.19. The Morgan fingerprint density at radius 1 is 1.15 bits per heavy atom. The van der Waals surface area contributed by atoms with Crippen molar-refractivity contribution in [2.45, 2.75) is 19.4 Å². The molecule has 1 atom stereocenters. The maximum absolute atomic E-state index is 4.55. The molecule has 1 aliphatic heterocycles. The van der Waals surface area contributed by atoms with E-state index in [0.717, 1.165) is 23.6 Å². The minimum Gasteiger partial charge on any atom is -0.301 e. The zero-order valence-electron chi connectivity index (χ0n) is 14.9. The molecule has 2 aromatic heterocycles. The molecule has 0 saturated carbocycles. The number of nitrogens with one attached hydrogen (secondary N) is 1. The highest BCUT2D eigenvalue weighted by molar-refractivity contribution is 7.14. The number of nitrogens with zero attached hydrogens (tertiary/aromatic N) is 3. The van der Waals surface area contributed by atoms with Crippen LogP contribution in [0.25, 0.3) is 21.5 Å². The summed E-state index contributed by atoms with van der Waals surface area (Å²) in [6.45, 7) is 4.12. The normalized spacial score (nSPS) is 17.5. The maximum atomic E-state index is 4.55. The molecule has 0 aliphatic carbocycles. The van der Waals surface area contributed by atoms with Crippen molar-refractivity contribution in [3.05, 3.63) is 70.4 Å². The van der Waals surface area contributed by atoms with Gasteiger partial charge >= 0.3 is 0 Å². The van der Waals surface area contributed by atoms with E-state index < -0.39 is 0 Å². The lowest BCUT2D eigenvalue weighted by Crippen LogP contribution is -2.31. The summed E-state index contributed by atoms with van der Waals surface area (Å²) in [4.78, 5) is 8.21. The van der Waals surface area contributed by atoms with Gasteiger partial charge in [0.05, 0.1) is 11.7 Å². The molecule has 3 heterocycles. The van der Waals surface area contributed by atoms with Gasteiger partial charge in [-0.15, -0.1) is 11.3 Å². The Morgan fingerprint density at radius 3 is 2.92 bits per heavy atom. The van der Waals surface area contributed by atoms with Crippen molar-refractivity contribution in [3.63, 3.8) is 0 Å². The van der Waals surface area contributed by atoms with Crippen molar-refractivity contribution >= 4 is 22.2 Å². The first-order chi connectivity index (χ1) is 12.7. The van der Waals surface area contributed by atoms with Crippen molar-refractivity contribution in [2.24, 2.45) is 0 Å². The quantitative estimate of drug-likeness (QED) is 0.569. The lowest BCUT2D eigenvalue weighted by atomic mass is 9.84. The molecule has 0 bridgehead atoms. The molecule has 2 aromatic carbocycles. The summed E-state index contributed by atoms with van der Waals surface area (Å²) < 4.78 is 0. The highest BCUT2D eigenvalue weighted by atomic mass is 32.1. The summed E-state index contributed by atoms with van der Waals surface area (Å²) in [7, 11) is 2.20. The van der Waals surface area contributed by atoms with Crippen LogP contribution in [0.4, 0.5) is 0 Å². The van der Waals surface area contributed by atoms with Gasteiger partial charge in [0.25, 0.3) is 0 Å². The summed E-state index contributed by atoms with van der Waals surface area (Å²) in [6.07, 6.45) is 3.86. The number of aryl methyl sites for hydroxylation is 1. The zero-order valence-corrected chi connectivity index (χ0v) is 15.7. The first-order valence-corrected chi connectivity index (χ1v) is 9.66. The van der Waals surface area contributed by atoms with Gasteiger partial charge in [0, 0.05) is 41.0 Å². The fourth-order valence-electron chi connectivity index (χ4n) is 3.93. The van der Waals surface area contributed by atoms with Crippen LogP contribution in [0, 0.1) is 6.92 Å². The Kier molecular flexibility index (Phi) is 3.65. The van der Waals surface area contributed by atoms with E-state index in [1.54, 1.807) is 11.3 Å². The van der Waals surface area contributed by atoms with Crippen LogP contribution < -0.4 is 0 Å². The summed E-state index contributed by atoms with van der Waals surface area (Å²) in [5, 5.41) is 9.47. The second kappa shape index (κ2) is 6.04. The van der Waals surface area contributed by atoms with Gasteiger partial charge in [0.1, 0.15) is 5.01 Å². The van der Waals surface area contributed by atoms with Gasteiger partial charge < -0.3 is 4.90 Å². The number of thiazole rings is 1. The molecule has 5 rings (SSSR count). The van der Waals surface area contributed by atoms with Crippen molar-refractivity contribution in [1.82, 2.24) is 20.1 Å². The van der Waals surface area contributed by atoms with Gasteiger partial charge in [0.2, 0.25) is 0 Å². The average Bonchev–Trinajstić information content (AvgIpc) is 3.28. The first-order valence-electron chi connectivity index (χ1n) is 8.84. The number of hydrogen-bond donors (Lipinski definition) is 1. The van der Waals surface area contributed by atoms with Gasteiger partial charge in [-0.05, 0) is 48.9 Å². The number of likely N-dealkylation sites (N-methyl/N-ethyl adjacent to an activating group) is 1. The van der Waals surface area contributed by atoms with Crippen molar-refractivity contribution in [3.8, 4) is 10.6 Å². The Labute approximate surface area is 156 Å². The fraction of sp³-hybridized carbons (Fsp3) is 0.238. The number of H-pyrrole nitrogens is 1. The van der Waals surface area contributed by atoms with Crippen molar-refractivity contribution in [1.29, 1.82) is 0 Å². The van der Waals surface area contributed by atoms with E-state index in [-0.39, 0.29) is 0 Å². The number of aromatic amines is 1. The molecule has 1 N–H and O–H groups in total. The van der Waals surface area contributed by atoms with Gasteiger partial charge in [-0.1, -0.05) is 18.2 Å². The second-order valence-corrected chi connectivity index (χ2v) is 8.39. The number of benzene rings is 2. The SMILES string of the molecule is Cc1cnc(-c2ccc3c(c2)CN(C)CC3c2ccc3[nH]ncc3c2)s1. The molecule has 0 radical (unpaired) electrons. The van der Waals surface area contributed by atoms with E-state index >= 15 is 0 Å². The second-order valence-electron chi connectivity index (χ2n) is 7.16. The first kappa shape index (κ1) is 15.7. The van der Waals surface area contributed by atoms with Crippen LogP contribution in [0.3, 0.4) is 0 Å². The molecule has 0 spiro atoms. The number of rotatable bonds is 2. The highest BCUT2D eigenvalue weighted by Crippen LogP contribution is 2.36. The average molecular weight is 360 g/mol. The Hall–Kier alpha value is -2.50. The predicted molar refractivity (Wildman–Crippen MR) is 107 cm³/mol. The Balaban J connectivity index is 1.59. The van der Waals surface area contributed by atoms with Gasteiger partial charge in [0.15, 0.2) is 0 Å². The Bertz CT molecular complexity index is 1090. The maximum Gasteiger partial charge on any atom is 0.123 e. The smallest absolute Gasteiger partial charge is 0.123 e. The van der Waals surface area contributed by atoms with Crippen LogP contribution in [-0.2, 0) is 6.54 Å². The standard InChI is InChI=1S/C21H20N4S/c1-13-9-22-21(26-13)15-3-5-18-17(8-15)11-25(2)12-19(18)14-4-6-20-16(7-14)10-23-24-20/h3-10,19H,11-12H2,1-2H3,(H,23,24). The molecular weight excluding hydrogens is 340 g/mol. The van der Waals surface area contributed by atoms with Gasteiger partial charge in [-0.3, -0.25) is 5.10 Å². The third-order valence-corrected chi connectivity index (χ3v) is 6.15. The lowest BCUT2D eigenvalue weighted by Gasteiger charge is -2.33. The van der Waals surface area contributed by atoms with Crippen LogP contribution in [0.5, 0.6) is 0 Å². The van der Waals surface area contributed by atoms with Crippen molar-refractivity contribution < 1.29 is 0 Å². The fourth-order valence-corrected chi connectivity index (χ4v) is 4.69. The van der Waals surface area contributed by atoms with E-state index in [0.29, 0.717) is 5.92 Å². The molecule has 4 aromatic rings. The number of hydrogen-bond acceptors (Lipinski definition) is 4. The minimum absolute atomic E-state index is 0.384. The van der Waals surface area contributed by atoms with Crippen LogP contribution >= 0.6 is 11.3 Å². The molecule has 0 saturated heterocycles. The largest absolute Gasteiger partial charge is 0.301 e. The van der Waals surface area contributed by atoms with E-state index in [1.165, 1.54) is 32.5 Å². The van der Waals surface area contributed by atoms with Gasteiger partial charge in [-0.2, -0.15) is 5.10 Å². The molecule has 130 valence electrons. The summed E-state index contributed by atoms with van der Waals surface area (Å²) in [5.74, 6) is 0.384. The van der Waals surface area contributed by atoms with E-state index in [4.69, 9.17) is 0 Å². The summed E-state index contributed by atoms with van der Waals surface area (Å²) >= 11 is 1.76. The number of fused-ring (bicyclic) bond motifs is 2. The monoisotopic (exact) mass is 360 g/mol. The minimum atomic E-state index is 0.384. The summed E-state index contributed by atoms with van der Waals surface area (Å²) in [5.41, 5.74) is 6.50. The predicted octanol–water partition coefficient (Wildman–Crippen LogP) is 4.57.